The Morgan fingerprint density at radius 1 is 1.26 bits per heavy atom. The molecule has 0 bridgehead atoms. The molecule has 2 aromatic rings. The highest BCUT2D eigenvalue weighted by molar-refractivity contribution is 5.81. The van der Waals surface area contributed by atoms with E-state index < -0.39 is 17.5 Å². The van der Waals surface area contributed by atoms with Gasteiger partial charge in [-0.3, -0.25) is 9.78 Å². The number of pyridine rings is 1. The zero-order valence-corrected chi connectivity index (χ0v) is 15.4. The molecule has 0 N–H and O–H groups in total. The quantitative estimate of drug-likeness (QED) is 0.788. The molecular formula is C18H21F3N4O2. The zero-order chi connectivity index (χ0) is 19.8. The van der Waals surface area contributed by atoms with Gasteiger partial charge < -0.3 is 9.42 Å². The first-order valence-electron chi connectivity index (χ1n) is 8.72. The van der Waals surface area contributed by atoms with Crippen LogP contribution in [0.5, 0.6) is 0 Å². The van der Waals surface area contributed by atoms with Gasteiger partial charge in [0, 0.05) is 41.9 Å². The highest BCUT2D eigenvalue weighted by atomic mass is 19.4. The first kappa shape index (κ1) is 19.3. The molecule has 0 aromatic carbocycles. The average Bonchev–Trinajstić information content (AvgIpc) is 3.11. The molecule has 0 saturated carbocycles. The van der Waals surface area contributed by atoms with Gasteiger partial charge in [-0.05, 0) is 25.0 Å². The van der Waals surface area contributed by atoms with Crippen LogP contribution in [0.15, 0.2) is 22.9 Å². The molecule has 1 atom stereocenters. The lowest BCUT2D eigenvalue weighted by atomic mass is 9.89. The van der Waals surface area contributed by atoms with E-state index >= 15 is 0 Å². The maximum absolute atomic E-state index is 12.6. The van der Waals surface area contributed by atoms with Crippen molar-refractivity contribution in [2.75, 3.05) is 13.1 Å². The highest BCUT2D eigenvalue weighted by Crippen LogP contribution is 2.31. The number of alkyl halides is 3. The third-order valence-electron chi connectivity index (χ3n) is 4.48. The summed E-state index contributed by atoms with van der Waals surface area (Å²) in [6.07, 6.45) is -1.45. The van der Waals surface area contributed by atoms with Gasteiger partial charge in [-0.15, -0.1) is 0 Å². The molecule has 0 aliphatic carbocycles. The minimum absolute atomic E-state index is 0.0927. The second-order valence-corrected chi connectivity index (χ2v) is 7.73. The largest absolute Gasteiger partial charge is 0.471 e. The van der Waals surface area contributed by atoms with Crippen LogP contribution in [0, 0.1) is 5.41 Å². The van der Waals surface area contributed by atoms with E-state index in [2.05, 4.69) is 19.6 Å². The van der Waals surface area contributed by atoms with E-state index in [1.165, 1.54) is 6.20 Å². The molecule has 1 saturated heterocycles. The predicted octanol–water partition coefficient (Wildman–Crippen LogP) is 3.90. The van der Waals surface area contributed by atoms with Gasteiger partial charge in [-0.25, -0.2) is 0 Å². The van der Waals surface area contributed by atoms with Crippen molar-refractivity contribution in [2.24, 2.45) is 5.41 Å². The third-order valence-corrected chi connectivity index (χ3v) is 4.48. The Hall–Kier alpha value is -2.45. The van der Waals surface area contributed by atoms with E-state index in [0.717, 1.165) is 25.1 Å². The van der Waals surface area contributed by atoms with Crippen LogP contribution >= 0.6 is 0 Å². The molecule has 2 aromatic heterocycles. The molecule has 0 spiro atoms. The summed E-state index contributed by atoms with van der Waals surface area (Å²) < 4.78 is 41.9. The Kier molecular flexibility index (Phi) is 4.96. The number of halogens is 3. The van der Waals surface area contributed by atoms with Crippen LogP contribution in [0.25, 0.3) is 11.4 Å². The number of carbonyl (C=O) groups is 1. The number of carbonyl (C=O) groups excluding carboxylic acids is 1. The molecule has 1 aliphatic heterocycles. The number of hydrogen-bond acceptors (Lipinski definition) is 5. The summed E-state index contributed by atoms with van der Waals surface area (Å²) in [7, 11) is 0. The van der Waals surface area contributed by atoms with Gasteiger partial charge in [0.25, 0.3) is 0 Å². The summed E-state index contributed by atoms with van der Waals surface area (Å²) in [5, 5.41) is 3.36. The van der Waals surface area contributed by atoms with Gasteiger partial charge in [0.15, 0.2) is 0 Å². The van der Waals surface area contributed by atoms with Crippen LogP contribution in [0.2, 0.25) is 0 Å². The van der Waals surface area contributed by atoms with Gasteiger partial charge in [0.2, 0.25) is 11.7 Å². The van der Waals surface area contributed by atoms with E-state index in [4.69, 9.17) is 0 Å². The summed E-state index contributed by atoms with van der Waals surface area (Å²) in [6, 6.07) is 3.37. The number of rotatable bonds is 2. The summed E-state index contributed by atoms with van der Waals surface area (Å²) >= 11 is 0. The van der Waals surface area contributed by atoms with Crippen molar-refractivity contribution in [3.8, 4) is 11.4 Å². The lowest BCUT2D eigenvalue weighted by Gasteiger charge is -2.36. The van der Waals surface area contributed by atoms with Crippen molar-refractivity contribution < 1.29 is 22.5 Å². The SMILES string of the molecule is CC(C)(C)C(=O)N1CCCC(c2ccc(-c3noc(C(F)(F)F)n3)cn2)C1. The maximum atomic E-state index is 12.6. The number of nitrogens with zero attached hydrogens (tertiary/aromatic N) is 4. The predicted molar refractivity (Wildman–Crippen MR) is 90.5 cm³/mol. The van der Waals surface area contributed by atoms with Crippen molar-refractivity contribution in [3.63, 3.8) is 0 Å². The molecule has 1 amide bonds. The molecule has 0 radical (unpaired) electrons. The van der Waals surface area contributed by atoms with Crippen LogP contribution in [-0.2, 0) is 11.0 Å². The second kappa shape index (κ2) is 6.94. The first-order valence-corrected chi connectivity index (χ1v) is 8.72. The molecule has 3 rings (SSSR count). The summed E-state index contributed by atoms with van der Waals surface area (Å²) in [6.45, 7) is 7.00. The first-order chi connectivity index (χ1) is 12.6. The Bertz CT molecular complexity index is 809. The van der Waals surface area contributed by atoms with Crippen molar-refractivity contribution in [3.05, 3.63) is 29.9 Å². The number of likely N-dealkylation sites (tertiary alicyclic amines) is 1. The number of aromatic nitrogens is 3. The van der Waals surface area contributed by atoms with Gasteiger partial charge in [0.05, 0.1) is 0 Å². The maximum Gasteiger partial charge on any atom is 0.471 e. The van der Waals surface area contributed by atoms with Gasteiger partial charge in [0.1, 0.15) is 0 Å². The molecule has 146 valence electrons. The van der Waals surface area contributed by atoms with Crippen LogP contribution in [0.1, 0.15) is 51.1 Å². The zero-order valence-electron chi connectivity index (χ0n) is 15.4. The van der Waals surface area contributed by atoms with Crippen molar-refractivity contribution >= 4 is 5.91 Å². The van der Waals surface area contributed by atoms with Crippen molar-refractivity contribution in [1.82, 2.24) is 20.0 Å². The fourth-order valence-corrected chi connectivity index (χ4v) is 3.11. The molecular weight excluding hydrogens is 361 g/mol. The lowest BCUT2D eigenvalue weighted by Crippen LogP contribution is -2.44. The minimum atomic E-state index is -4.68. The second-order valence-electron chi connectivity index (χ2n) is 7.73. The van der Waals surface area contributed by atoms with E-state index in [9.17, 15) is 18.0 Å². The van der Waals surface area contributed by atoms with Crippen LogP contribution < -0.4 is 0 Å². The minimum Gasteiger partial charge on any atom is -0.342 e. The highest BCUT2D eigenvalue weighted by Gasteiger charge is 2.38. The fraction of sp³-hybridized carbons (Fsp3) is 0.556. The van der Waals surface area contributed by atoms with Crippen LogP contribution in [0.4, 0.5) is 13.2 Å². The topological polar surface area (TPSA) is 72.1 Å². The summed E-state index contributed by atoms with van der Waals surface area (Å²) in [5.41, 5.74) is 0.703. The third kappa shape index (κ3) is 4.28. The van der Waals surface area contributed by atoms with Gasteiger partial charge in [-0.1, -0.05) is 25.9 Å². The van der Waals surface area contributed by atoms with E-state index in [0.29, 0.717) is 12.1 Å². The van der Waals surface area contributed by atoms with Crippen LogP contribution in [-0.4, -0.2) is 39.0 Å². The molecule has 27 heavy (non-hydrogen) atoms. The Morgan fingerprint density at radius 2 is 2.00 bits per heavy atom. The van der Waals surface area contributed by atoms with Crippen LogP contribution in [0.3, 0.4) is 0 Å². The molecule has 1 aliphatic rings. The van der Waals surface area contributed by atoms with E-state index in [1.54, 1.807) is 12.1 Å². The number of hydrogen-bond donors (Lipinski definition) is 0. The Morgan fingerprint density at radius 3 is 2.56 bits per heavy atom. The fourth-order valence-electron chi connectivity index (χ4n) is 3.11. The average molecular weight is 382 g/mol. The number of amides is 1. The molecule has 1 fully saturated rings. The molecule has 9 heteroatoms. The van der Waals surface area contributed by atoms with Crippen molar-refractivity contribution in [2.45, 2.75) is 45.7 Å². The Labute approximate surface area is 154 Å². The van der Waals surface area contributed by atoms with E-state index in [1.807, 2.05) is 25.7 Å². The summed E-state index contributed by atoms with van der Waals surface area (Å²) in [5.74, 6) is -1.34. The van der Waals surface area contributed by atoms with Gasteiger partial charge >= 0.3 is 12.1 Å². The molecule has 1 unspecified atom stereocenters. The van der Waals surface area contributed by atoms with Crippen molar-refractivity contribution in [1.29, 1.82) is 0 Å². The van der Waals surface area contributed by atoms with Gasteiger partial charge in [-0.2, -0.15) is 18.2 Å². The monoisotopic (exact) mass is 382 g/mol. The normalized spacial score (nSPS) is 18.6. The summed E-state index contributed by atoms with van der Waals surface area (Å²) in [4.78, 5) is 22.1. The standard InChI is InChI=1S/C18H21F3N4O2/c1-17(2,3)16(26)25-8-4-5-12(10-25)13-7-6-11(9-22-13)14-23-15(27-24-14)18(19,20)21/h6-7,9,12H,4-5,8,10H2,1-3H3. The molecule has 3 heterocycles. The molecule has 6 nitrogen and oxygen atoms in total. The smallest absolute Gasteiger partial charge is 0.342 e. The number of piperidine rings is 1. The van der Waals surface area contributed by atoms with E-state index in [-0.39, 0.29) is 17.6 Å². The Balaban J connectivity index is 1.73. The lowest BCUT2D eigenvalue weighted by molar-refractivity contribution is -0.159.